The Morgan fingerprint density at radius 1 is 0.311 bits per heavy atom. The van der Waals surface area contributed by atoms with Crippen molar-refractivity contribution in [2.24, 2.45) is 0 Å². The van der Waals surface area contributed by atoms with Crippen LogP contribution in [0.1, 0.15) is 278 Å². The van der Waals surface area contributed by atoms with Crippen molar-refractivity contribution in [3.05, 3.63) is 36.5 Å². The Hall–Kier alpha value is -2.37. The average molecular weight is 857 g/mol. The first-order valence-corrected chi connectivity index (χ1v) is 26.5. The van der Waals surface area contributed by atoms with E-state index < -0.39 is 6.10 Å². The molecule has 0 bridgehead atoms. The van der Waals surface area contributed by atoms with E-state index >= 15 is 0 Å². The van der Waals surface area contributed by atoms with Crippen molar-refractivity contribution < 1.29 is 28.6 Å². The van der Waals surface area contributed by atoms with Gasteiger partial charge in [0, 0.05) is 19.3 Å². The van der Waals surface area contributed by atoms with Crippen molar-refractivity contribution in [2.45, 2.75) is 284 Å². The molecule has 0 aliphatic carbocycles. The van der Waals surface area contributed by atoms with Crippen molar-refractivity contribution in [1.29, 1.82) is 0 Å². The summed E-state index contributed by atoms with van der Waals surface area (Å²) >= 11 is 0. The second kappa shape index (κ2) is 50.3. The summed E-state index contributed by atoms with van der Waals surface area (Å²) in [7, 11) is 0. The quantitative estimate of drug-likeness (QED) is 0.0262. The minimum Gasteiger partial charge on any atom is -0.462 e. The minimum atomic E-state index is -0.779. The Balaban J connectivity index is 4.38. The van der Waals surface area contributed by atoms with E-state index in [0.717, 1.165) is 77.0 Å². The molecule has 0 unspecified atom stereocenters. The molecule has 0 aliphatic heterocycles. The molecule has 0 aromatic heterocycles. The fourth-order valence-electron chi connectivity index (χ4n) is 7.54. The second-order valence-electron chi connectivity index (χ2n) is 17.8. The predicted molar refractivity (Wildman–Crippen MR) is 261 cm³/mol. The van der Waals surface area contributed by atoms with Crippen LogP contribution in [-0.4, -0.2) is 37.2 Å². The number of allylic oxidation sites excluding steroid dienone is 6. The molecule has 6 heteroatoms. The van der Waals surface area contributed by atoms with Crippen LogP contribution in [-0.2, 0) is 28.6 Å². The molecular formula is C55H100O6. The Morgan fingerprint density at radius 2 is 0.541 bits per heavy atom. The van der Waals surface area contributed by atoms with Crippen LogP contribution in [0.15, 0.2) is 36.5 Å². The number of esters is 3. The van der Waals surface area contributed by atoms with E-state index in [1.807, 2.05) is 0 Å². The SMILES string of the molecule is CCCCCC/C=C\CCCCCCCCCC(=O)OC[C@@H](COC(=O)CCCCCCC/C=C\CCCCCCCC)OC(=O)CCCCCCC/C=C\CCCCCC. The van der Waals surface area contributed by atoms with Crippen molar-refractivity contribution in [3.63, 3.8) is 0 Å². The van der Waals surface area contributed by atoms with E-state index in [4.69, 9.17) is 14.2 Å². The van der Waals surface area contributed by atoms with Gasteiger partial charge < -0.3 is 14.2 Å². The third-order valence-corrected chi connectivity index (χ3v) is 11.6. The zero-order valence-corrected chi connectivity index (χ0v) is 40.7. The van der Waals surface area contributed by atoms with Crippen molar-refractivity contribution >= 4 is 17.9 Å². The maximum absolute atomic E-state index is 12.8. The topological polar surface area (TPSA) is 78.9 Å². The first-order valence-electron chi connectivity index (χ1n) is 26.5. The molecule has 0 aromatic rings. The van der Waals surface area contributed by atoms with Gasteiger partial charge in [0.2, 0.25) is 0 Å². The highest BCUT2D eigenvalue weighted by Gasteiger charge is 2.19. The summed E-state index contributed by atoms with van der Waals surface area (Å²) in [6, 6.07) is 0. The zero-order chi connectivity index (χ0) is 44.4. The maximum Gasteiger partial charge on any atom is 0.306 e. The Labute approximate surface area is 378 Å². The first-order chi connectivity index (χ1) is 30.0. The van der Waals surface area contributed by atoms with Gasteiger partial charge in [-0.2, -0.15) is 0 Å². The van der Waals surface area contributed by atoms with Gasteiger partial charge in [-0.3, -0.25) is 14.4 Å². The zero-order valence-electron chi connectivity index (χ0n) is 40.7. The van der Waals surface area contributed by atoms with Crippen LogP contribution < -0.4 is 0 Å². The Bertz CT molecular complexity index is 1030. The summed E-state index contributed by atoms with van der Waals surface area (Å²) in [5, 5.41) is 0. The third kappa shape index (κ3) is 48.5. The van der Waals surface area contributed by atoms with Crippen LogP contribution in [0.5, 0.6) is 0 Å². The van der Waals surface area contributed by atoms with Crippen LogP contribution in [0.2, 0.25) is 0 Å². The fraction of sp³-hybridized carbons (Fsp3) is 0.836. The number of carbonyl (C=O) groups excluding carboxylic acids is 3. The van der Waals surface area contributed by atoms with Crippen LogP contribution in [0, 0.1) is 0 Å². The van der Waals surface area contributed by atoms with Gasteiger partial charge in [-0.25, -0.2) is 0 Å². The van der Waals surface area contributed by atoms with Gasteiger partial charge >= 0.3 is 17.9 Å². The van der Waals surface area contributed by atoms with Gasteiger partial charge in [0.25, 0.3) is 0 Å². The van der Waals surface area contributed by atoms with Crippen molar-refractivity contribution in [2.75, 3.05) is 13.2 Å². The lowest BCUT2D eigenvalue weighted by Gasteiger charge is -2.18. The fourth-order valence-corrected chi connectivity index (χ4v) is 7.54. The van der Waals surface area contributed by atoms with Gasteiger partial charge in [0.1, 0.15) is 13.2 Å². The lowest BCUT2D eigenvalue weighted by Crippen LogP contribution is -2.30. The van der Waals surface area contributed by atoms with Gasteiger partial charge in [-0.15, -0.1) is 0 Å². The van der Waals surface area contributed by atoms with Gasteiger partial charge in [0.15, 0.2) is 6.10 Å². The first kappa shape index (κ1) is 58.6. The molecule has 0 heterocycles. The smallest absolute Gasteiger partial charge is 0.306 e. The van der Waals surface area contributed by atoms with E-state index in [0.29, 0.717) is 19.3 Å². The van der Waals surface area contributed by atoms with Crippen molar-refractivity contribution in [3.8, 4) is 0 Å². The standard InChI is InChI=1S/C55H100O6/c1-4-7-10-13-16-19-22-25-27-30-32-35-38-41-44-47-53(56)59-50-52(61-55(58)49-46-43-40-37-34-29-24-21-18-15-12-9-6-3)51-60-54(57)48-45-42-39-36-33-31-28-26-23-20-17-14-11-8-5-2/h19,21-22,24,26,28,52H,4-18,20,23,25,27,29-51H2,1-3H3/b22-19-,24-21-,28-26-/t52-/m0/s1. The number of hydrogen-bond donors (Lipinski definition) is 0. The van der Waals surface area contributed by atoms with E-state index in [-0.39, 0.29) is 31.1 Å². The lowest BCUT2D eigenvalue weighted by molar-refractivity contribution is -0.167. The number of hydrogen-bond acceptors (Lipinski definition) is 6. The summed E-state index contributed by atoms with van der Waals surface area (Å²) in [6.07, 6.45) is 58.3. The molecule has 0 radical (unpaired) electrons. The number of ether oxygens (including phenoxy) is 3. The minimum absolute atomic E-state index is 0.0788. The van der Waals surface area contributed by atoms with E-state index in [1.165, 1.54) is 161 Å². The molecule has 0 fully saturated rings. The van der Waals surface area contributed by atoms with Gasteiger partial charge in [-0.1, -0.05) is 198 Å². The summed E-state index contributed by atoms with van der Waals surface area (Å²) in [4.78, 5) is 38.0. The van der Waals surface area contributed by atoms with E-state index in [2.05, 4.69) is 57.2 Å². The molecule has 356 valence electrons. The molecule has 1 atom stereocenters. The highest BCUT2D eigenvalue weighted by Crippen LogP contribution is 2.15. The third-order valence-electron chi connectivity index (χ3n) is 11.6. The molecule has 0 spiro atoms. The number of rotatable bonds is 48. The van der Waals surface area contributed by atoms with Crippen LogP contribution in [0.4, 0.5) is 0 Å². The summed E-state index contributed by atoms with van der Waals surface area (Å²) in [5.41, 5.74) is 0. The van der Waals surface area contributed by atoms with Gasteiger partial charge in [-0.05, 0) is 96.3 Å². The highest BCUT2D eigenvalue weighted by atomic mass is 16.6. The predicted octanol–water partition coefficient (Wildman–Crippen LogP) is 17.3. The highest BCUT2D eigenvalue weighted by molar-refractivity contribution is 5.71. The van der Waals surface area contributed by atoms with Crippen LogP contribution >= 0.6 is 0 Å². The molecule has 0 aliphatic rings. The molecule has 0 saturated carbocycles. The average Bonchev–Trinajstić information content (AvgIpc) is 3.26. The summed E-state index contributed by atoms with van der Waals surface area (Å²) < 4.78 is 16.8. The molecule has 0 saturated heterocycles. The van der Waals surface area contributed by atoms with Crippen LogP contribution in [0.25, 0.3) is 0 Å². The molecule has 0 rings (SSSR count). The lowest BCUT2D eigenvalue weighted by atomic mass is 10.1. The number of unbranched alkanes of at least 4 members (excludes halogenated alkanes) is 31. The Morgan fingerprint density at radius 3 is 0.836 bits per heavy atom. The summed E-state index contributed by atoms with van der Waals surface area (Å²) in [6.45, 7) is 6.61. The van der Waals surface area contributed by atoms with Crippen molar-refractivity contribution in [1.82, 2.24) is 0 Å². The monoisotopic (exact) mass is 857 g/mol. The maximum atomic E-state index is 12.8. The van der Waals surface area contributed by atoms with E-state index in [1.54, 1.807) is 0 Å². The molecule has 6 nitrogen and oxygen atoms in total. The molecule has 0 amide bonds. The normalized spacial score (nSPS) is 12.2. The molecule has 0 aromatic carbocycles. The largest absolute Gasteiger partial charge is 0.462 e. The summed E-state index contributed by atoms with van der Waals surface area (Å²) in [5.74, 6) is -0.891. The second-order valence-corrected chi connectivity index (χ2v) is 17.8. The molecular weight excluding hydrogens is 757 g/mol. The number of carbonyl (C=O) groups is 3. The molecule has 0 N–H and O–H groups in total. The van der Waals surface area contributed by atoms with E-state index in [9.17, 15) is 14.4 Å². The molecule has 61 heavy (non-hydrogen) atoms. The van der Waals surface area contributed by atoms with Gasteiger partial charge in [0.05, 0.1) is 0 Å². The Kier molecular flexibility index (Phi) is 48.3. The van der Waals surface area contributed by atoms with Crippen LogP contribution in [0.3, 0.4) is 0 Å².